The van der Waals surface area contributed by atoms with Gasteiger partial charge in [-0.2, -0.15) is 0 Å². The van der Waals surface area contributed by atoms with Gasteiger partial charge in [0.2, 0.25) is 0 Å². The van der Waals surface area contributed by atoms with Gasteiger partial charge < -0.3 is 10.6 Å². The molecule has 0 aliphatic rings. The average molecular weight is 325 g/mol. The first-order chi connectivity index (χ1) is 11.1. The van der Waals surface area contributed by atoms with Crippen LogP contribution < -0.4 is 10.6 Å². The van der Waals surface area contributed by atoms with Crippen molar-refractivity contribution in [2.24, 2.45) is 0 Å². The second-order valence-corrected chi connectivity index (χ2v) is 8.09. The van der Waals surface area contributed by atoms with Crippen LogP contribution in [0, 0.1) is 0 Å². The van der Waals surface area contributed by atoms with Crippen molar-refractivity contribution >= 4 is 17.3 Å². The molecule has 1 heterocycles. The van der Waals surface area contributed by atoms with E-state index in [-0.39, 0.29) is 16.9 Å². The highest BCUT2D eigenvalue weighted by Gasteiger charge is 2.19. The summed E-state index contributed by atoms with van der Waals surface area (Å²) < 4.78 is 0. The van der Waals surface area contributed by atoms with Gasteiger partial charge in [0, 0.05) is 23.6 Å². The predicted octanol–water partition coefficient (Wildman–Crippen LogP) is 4.84. The number of hydrogen-bond donors (Lipinski definition) is 2. The number of anilines is 2. The Morgan fingerprint density at radius 1 is 1.00 bits per heavy atom. The molecule has 1 aromatic heterocycles. The Morgan fingerprint density at radius 2 is 1.67 bits per heavy atom. The number of nitrogens with one attached hydrogen (secondary N) is 2. The molecule has 0 aliphatic heterocycles. The molecule has 128 valence electrons. The quantitative estimate of drug-likeness (QED) is 0.849. The van der Waals surface area contributed by atoms with E-state index >= 15 is 0 Å². The summed E-state index contributed by atoms with van der Waals surface area (Å²) in [5, 5.41) is 6.35. The normalized spacial score (nSPS) is 11.9. The van der Waals surface area contributed by atoms with Gasteiger partial charge in [-0.1, -0.05) is 39.0 Å². The minimum Gasteiger partial charge on any atom is -0.379 e. The molecule has 2 N–H and O–H groups in total. The molecule has 4 heteroatoms. The number of para-hydroxylation sites is 1. The van der Waals surface area contributed by atoms with E-state index in [0.717, 1.165) is 16.9 Å². The number of pyridine rings is 1. The Labute approximate surface area is 144 Å². The molecule has 0 spiro atoms. The van der Waals surface area contributed by atoms with Gasteiger partial charge in [-0.25, -0.2) is 0 Å². The first-order valence-corrected chi connectivity index (χ1v) is 8.20. The number of benzene rings is 1. The van der Waals surface area contributed by atoms with Crippen LogP contribution in [0.2, 0.25) is 0 Å². The van der Waals surface area contributed by atoms with Crippen molar-refractivity contribution in [3.63, 3.8) is 0 Å². The van der Waals surface area contributed by atoms with Gasteiger partial charge in [0.05, 0.1) is 11.3 Å². The molecule has 0 fully saturated rings. The summed E-state index contributed by atoms with van der Waals surface area (Å²) in [5.74, 6) is -0.156. The minimum absolute atomic E-state index is 0.0439. The van der Waals surface area contributed by atoms with E-state index in [1.165, 1.54) is 0 Å². The molecule has 4 nitrogen and oxygen atoms in total. The van der Waals surface area contributed by atoms with Crippen LogP contribution in [0.15, 0.2) is 42.7 Å². The Morgan fingerprint density at radius 3 is 2.29 bits per heavy atom. The fourth-order valence-electron chi connectivity index (χ4n) is 2.51. The summed E-state index contributed by atoms with van der Waals surface area (Å²) in [6, 6.07) is 9.73. The van der Waals surface area contributed by atoms with Crippen molar-refractivity contribution in [1.82, 2.24) is 4.98 Å². The highest BCUT2D eigenvalue weighted by atomic mass is 16.1. The summed E-state index contributed by atoms with van der Waals surface area (Å²) >= 11 is 0. The van der Waals surface area contributed by atoms with Crippen molar-refractivity contribution in [3.05, 3.63) is 53.9 Å². The van der Waals surface area contributed by atoms with E-state index in [0.29, 0.717) is 5.56 Å². The highest BCUT2D eigenvalue weighted by Crippen LogP contribution is 2.29. The Kier molecular flexibility index (Phi) is 4.97. The van der Waals surface area contributed by atoms with E-state index in [9.17, 15) is 4.79 Å². The predicted molar refractivity (Wildman–Crippen MR) is 101 cm³/mol. The molecule has 0 radical (unpaired) electrons. The number of rotatable bonds is 3. The minimum atomic E-state index is -0.156. The average Bonchev–Trinajstić information content (AvgIpc) is 2.45. The van der Waals surface area contributed by atoms with Crippen molar-refractivity contribution in [2.75, 3.05) is 10.6 Å². The molecular formula is C20H27N3O. The van der Waals surface area contributed by atoms with E-state index in [1.54, 1.807) is 12.4 Å². The molecule has 1 amide bonds. The van der Waals surface area contributed by atoms with Crippen LogP contribution in [-0.4, -0.2) is 16.4 Å². The van der Waals surface area contributed by atoms with E-state index < -0.39 is 0 Å². The maximum absolute atomic E-state index is 12.6. The van der Waals surface area contributed by atoms with Crippen LogP contribution in [0.25, 0.3) is 0 Å². The number of aromatic nitrogens is 1. The summed E-state index contributed by atoms with van der Waals surface area (Å²) in [4.78, 5) is 16.8. The zero-order chi connectivity index (χ0) is 18.0. The lowest BCUT2D eigenvalue weighted by molar-refractivity contribution is 0.102. The summed E-state index contributed by atoms with van der Waals surface area (Å²) in [6.45, 7) is 12.6. The number of carbonyl (C=O) groups is 1. The summed E-state index contributed by atoms with van der Waals surface area (Å²) in [5.41, 5.74) is 3.18. The van der Waals surface area contributed by atoms with Crippen molar-refractivity contribution in [2.45, 2.75) is 52.5 Å². The molecular weight excluding hydrogens is 298 g/mol. The molecule has 0 atom stereocenters. The first-order valence-electron chi connectivity index (χ1n) is 8.20. The third-order valence-electron chi connectivity index (χ3n) is 3.50. The third-order valence-corrected chi connectivity index (χ3v) is 3.50. The lowest BCUT2D eigenvalue weighted by Gasteiger charge is -2.23. The topological polar surface area (TPSA) is 54.0 Å². The molecule has 0 saturated carbocycles. The maximum atomic E-state index is 12.6. The van der Waals surface area contributed by atoms with Crippen LogP contribution >= 0.6 is 0 Å². The van der Waals surface area contributed by atoms with Gasteiger partial charge in [-0.3, -0.25) is 9.78 Å². The highest BCUT2D eigenvalue weighted by molar-refractivity contribution is 6.05. The molecule has 2 aromatic rings. The Balaban J connectivity index is 2.24. The van der Waals surface area contributed by atoms with E-state index in [4.69, 9.17) is 0 Å². The fourth-order valence-corrected chi connectivity index (χ4v) is 2.51. The Bertz CT molecular complexity index is 724. The number of hydrogen-bond acceptors (Lipinski definition) is 3. The zero-order valence-corrected chi connectivity index (χ0v) is 15.4. The molecule has 1 aromatic carbocycles. The lowest BCUT2D eigenvalue weighted by Crippen LogP contribution is -2.26. The molecule has 0 bridgehead atoms. The van der Waals surface area contributed by atoms with Crippen molar-refractivity contribution in [3.8, 4) is 0 Å². The second kappa shape index (κ2) is 6.63. The van der Waals surface area contributed by atoms with Crippen LogP contribution in [0.1, 0.15) is 57.5 Å². The van der Waals surface area contributed by atoms with E-state index in [1.807, 2.05) is 30.3 Å². The Hall–Kier alpha value is -2.36. The number of amides is 1. The van der Waals surface area contributed by atoms with Crippen LogP contribution in [0.4, 0.5) is 11.4 Å². The van der Waals surface area contributed by atoms with Gasteiger partial charge in [0.15, 0.2) is 0 Å². The van der Waals surface area contributed by atoms with E-state index in [2.05, 4.69) is 57.2 Å². The molecule has 24 heavy (non-hydrogen) atoms. The SMILES string of the molecule is CC(C)(C)Nc1cncc(C(=O)Nc2ccccc2C(C)(C)C)c1. The fraction of sp³-hybridized carbons (Fsp3) is 0.400. The van der Waals surface area contributed by atoms with Gasteiger partial charge in [-0.05, 0) is 43.9 Å². The van der Waals surface area contributed by atoms with Crippen molar-refractivity contribution in [1.29, 1.82) is 0 Å². The monoisotopic (exact) mass is 325 g/mol. The largest absolute Gasteiger partial charge is 0.379 e. The molecule has 0 aliphatic carbocycles. The van der Waals surface area contributed by atoms with Gasteiger partial charge >= 0.3 is 0 Å². The third kappa shape index (κ3) is 4.82. The number of carbonyl (C=O) groups excluding carboxylic acids is 1. The molecule has 0 unspecified atom stereocenters. The standard InChI is InChI=1S/C20H27N3O/c1-19(2,3)16-9-7-8-10-17(16)22-18(24)14-11-15(13-21-12-14)23-20(4,5)6/h7-13,23H,1-6H3,(H,22,24). The van der Waals surface area contributed by atoms with Crippen molar-refractivity contribution < 1.29 is 4.79 Å². The molecule has 0 saturated heterocycles. The molecule has 2 rings (SSSR count). The zero-order valence-electron chi connectivity index (χ0n) is 15.4. The lowest BCUT2D eigenvalue weighted by atomic mass is 9.86. The smallest absolute Gasteiger partial charge is 0.257 e. The number of nitrogens with zero attached hydrogens (tertiary/aromatic N) is 1. The maximum Gasteiger partial charge on any atom is 0.257 e. The van der Waals surface area contributed by atoms with Gasteiger partial charge in [-0.15, -0.1) is 0 Å². The second-order valence-electron chi connectivity index (χ2n) is 8.09. The van der Waals surface area contributed by atoms with Crippen LogP contribution in [-0.2, 0) is 5.41 Å². The van der Waals surface area contributed by atoms with Crippen LogP contribution in [0.3, 0.4) is 0 Å². The summed E-state index contributed by atoms with van der Waals surface area (Å²) in [7, 11) is 0. The summed E-state index contributed by atoms with van der Waals surface area (Å²) in [6.07, 6.45) is 3.31. The first kappa shape index (κ1) is 18.0. The van der Waals surface area contributed by atoms with Crippen LogP contribution in [0.5, 0.6) is 0 Å². The van der Waals surface area contributed by atoms with Gasteiger partial charge in [0.25, 0.3) is 5.91 Å². The van der Waals surface area contributed by atoms with Gasteiger partial charge in [0.1, 0.15) is 0 Å².